The first kappa shape index (κ1) is 7.81. The van der Waals surface area contributed by atoms with Gasteiger partial charge >= 0.3 is 5.69 Å². The highest BCUT2D eigenvalue weighted by Crippen LogP contribution is 2.27. The Kier molecular flexibility index (Phi) is 1.75. The summed E-state index contributed by atoms with van der Waals surface area (Å²) in [7, 11) is 0. The molecule has 0 bridgehead atoms. The third-order valence-electron chi connectivity index (χ3n) is 2.07. The number of hydrogen-bond donors (Lipinski definition) is 1. The molecule has 0 amide bonds. The van der Waals surface area contributed by atoms with Crippen LogP contribution >= 0.6 is 0 Å². The summed E-state index contributed by atoms with van der Waals surface area (Å²) in [4.78, 5) is 8.29. The Balaban J connectivity index is 2.59. The minimum atomic E-state index is 0.614. The lowest BCUT2D eigenvalue weighted by atomic mass is 10.1. The molecule has 0 spiro atoms. The maximum Gasteiger partial charge on any atom is 0.345 e. The van der Waals surface area contributed by atoms with Gasteiger partial charge in [0.2, 0.25) is 0 Å². The van der Waals surface area contributed by atoms with E-state index in [4.69, 9.17) is 5.73 Å². The number of nitrogens with two attached hydrogens (primary N) is 1. The molecule has 2 rings (SSSR count). The Morgan fingerprint density at radius 2 is 2.38 bits per heavy atom. The quantitative estimate of drug-likeness (QED) is 0.638. The number of rotatable bonds is 0. The highest BCUT2D eigenvalue weighted by atomic mass is 14.9. The first-order valence-corrected chi connectivity index (χ1v) is 4.12. The molecular formula is C10H10N3+. The highest BCUT2D eigenvalue weighted by molar-refractivity contribution is 6.02. The Labute approximate surface area is 76.7 Å². The third kappa shape index (κ3) is 1.17. The van der Waals surface area contributed by atoms with E-state index in [-0.39, 0.29) is 0 Å². The Morgan fingerprint density at radius 1 is 1.54 bits per heavy atom. The van der Waals surface area contributed by atoms with Crippen molar-refractivity contribution in [2.45, 2.75) is 13.5 Å². The van der Waals surface area contributed by atoms with Gasteiger partial charge in [0.05, 0.1) is 19.0 Å². The zero-order valence-corrected chi connectivity index (χ0v) is 7.41. The van der Waals surface area contributed by atoms with E-state index in [1.807, 2.05) is 18.2 Å². The average molecular weight is 172 g/mol. The molecule has 3 heteroatoms. The number of fused-ring (bicyclic) bond motifs is 1. The van der Waals surface area contributed by atoms with Crippen molar-refractivity contribution >= 4 is 11.5 Å². The fourth-order valence-electron chi connectivity index (χ4n) is 1.46. The van der Waals surface area contributed by atoms with E-state index < -0.39 is 0 Å². The molecular weight excluding hydrogens is 162 g/mol. The molecule has 1 aromatic carbocycles. The summed E-state index contributed by atoms with van der Waals surface area (Å²) in [5.74, 6) is 0.614. The lowest BCUT2D eigenvalue weighted by Crippen LogP contribution is -2.09. The van der Waals surface area contributed by atoms with Crippen molar-refractivity contribution in [3.05, 3.63) is 34.2 Å². The summed E-state index contributed by atoms with van der Waals surface area (Å²) in [6.45, 7) is 2.42. The first-order valence-electron chi connectivity index (χ1n) is 4.12. The van der Waals surface area contributed by atoms with Crippen molar-refractivity contribution in [3.63, 3.8) is 0 Å². The minimum absolute atomic E-state index is 0.614. The summed E-state index contributed by atoms with van der Waals surface area (Å²) in [5.41, 5.74) is 8.74. The van der Waals surface area contributed by atoms with E-state index in [0.29, 0.717) is 12.4 Å². The Hall–Kier alpha value is -1.82. The molecule has 0 saturated heterocycles. The van der Waals surface area contributed by atoms with E-state index >= 15 is 0 Å². The normalized spacial score (nSPS) is 12.8. The van der Waals surface area contributed by atoms with Gasteiger partial charge in [0.1, 0.15) is 5.84 Å². The summed E-state index contributed by atoms with van der Waals surface area (Å²) in [5, 5.41) is 0. The molecule has 0 unspecified atom stereocenters. The van der Waals surface area contributed by atoms with Crippen LogP contribution in [0.2, 0.25) is 0 Å². The minimum Gasteiger partial charge on any atom is -0.383 e. The lowest BCUT2D eigenvalue weighted by Gasteiger charge is -1.93. The fraction of sp³-hybridized carbons (Fsp3) is 0.200. The second kappa shape index (κ2) is 2.91. The van der Waals surface area contributed by atoms with Crippen LogP contribution in [-0.2, 0) is 6.54 Å². The highest BCUT2D eigenvalue weighted by Gasteiger charge is 2.21. The number of benzene rings is 1. The van der Waals surface area contributed by atoms with Crippen LogP contribution < -0.4 is 5.73 Å². The van der Waals surface area contributed by atoms with Gasteiger partial charge in [-0.25, -0.2) is 0 Å². The first-order chi connectivity index (χ1) is 6.33. The van der Waals surface area contributed by atoms with Gasteiger partial charge in [-0.15, -0.1) is 0 Å². The largest absolute Gasteiger partial charge is 0.383 e. The predicted octanol–water partition coefficient (Wildman–Crippen LogP) is 1.89. The maximum atomic E-state index is 5.70. The Morgan fingerprint density at radius 3 is 3.15 bits per heavy atom. The van der Waals surface area contributed by atoms with E-state index in [9.17, 15) is 0 Å². The van der Waals surface area contributed by atoms with Gasteiger partial charge in [0.15, 0.2) is 0 Å². The van der Waals surface area contributed by atoms with Gasteiger partial charge < -0.3 is 5.73 Å². The second-order valence-corrected chi connectivity index (χ2v) is 2.84. The van der Waals surface area contributed by atoms with Crippen molar-refractivity contribution in [2.75, 3.05) is 0 Å². The standard InChI is InChI=1S/C10H10N3/c1-2-12-9-5-3-4-7-8(9)6-13-10(7)11/h3-5H,6H2,1H3,(H2,11,13)/q+1. The molecule has 0 radical (unpaired) electrons. The molecule has 0 aromatic heterocycles. The van der Waals surface area contributed by atoms with Crippen LogP contribution in [-0.4, -0.2) is 5.84 Å². The van der Waals surface area contributed by atoms with Crippen LogP contribution in [0.25, 0.3) is 4.85 Å². The van der Waals surface area contributed by atoms with Gasteiger partial charge in [0, 0.05) is 11.6 Å². The van der Waals surface area contributed by atoms with Gasteiger partial charge in [0.25, 0.3) is 6.07 Å². The molecule has 0 fully saturated rings. The van der Waals surface area contributed by atoms with E-state index in [0.717, 1.165) is 16.8 Å². The third-order valence-corrected chi connectivity index (χ3v) is 2.07. The molecule has 0 saturated carbocycles. The summed E-state index contributed by atoms with van der Waals surface area (Å²) in [6.07, 6.45) is 0. The smallest absolute Gasteiger partial charge is 0.345 e. The van der Waals surface area contributed by atoms with Crippen LogP contribution in [0.15, 0.2) is 23.2 Å². The molecule has 2 N–H and O–H groups in total. The molecule has 1 heterocycles. The molecule has 1 aromatic rings. The van der Waals surface area contributed by atoms with Crippen LogP contribution in [0.4, 0.5) is 5.69 Å². The van der Waals surface area contributed by atoms with Gasteiger partial charge in [-0.05, 0) is 4.85 Å². The van der Waals surface area contributed by atoms with Crippen molar-refractivity contribution in [1.82, 2.24) is 0 Å². The van der Waals surface area contributed by atoms with Crippen molar-refractivity contribution in [1.29, 1.82) is 0 Å². The van der Waals surface area contributed by atoms with Gasteiger partial charge in [-0.3, -0.25) is 4.99 Å². The topological polar surface area (TPSA) is 42.7 Å². The average Bonchev–Trinajstić information content (AvgIpc) is 2.50. The Bertz CT molecular complexity index is 435. The van der Waals surface area contributed by atoms with Crippen LogP contribution in [0.3, 0.4) is 0 Å². The molecule has 1 aliphatic rings. The monoisotopic (exact) mass is 172 g/mol. The molecule has 1 aliphatic heterocycles. The zero-order valence-electron chi connectivity index (χ0n) is 7.41. The lowest BCUT2D eigenvalue weighted by molar-refractivity contribution is 1.11. The van der Waals surface area contributed by atoms with E-state index in [1.165, 1.54) is 0 Å². The SMILES string of the molecule is CC#[N+]c1cccc2c1CN=C2N. The molecule has 3 nitrogen and oxygen atoms in total. The van der Waals surface area contributed by atoms with Crippen LogP contribution in [0, 0.1) is 6.07 Å². The molecule has 64 valence electrons. The van der Waals surface area contributed by atoms with E-state index in [1.54, 1.807) is 6.92 Å². The van der Waals surface area contributed by atoms with E-state index in [2.05, 4.69) is 15.9 Å². The summed E-state index contributed by atoms with van der Waals surface area (Å²) >= 11 is 0. The maximum absolute atomic E-state index is 5.70. The molecule has 0 aliphatic carbocycles. The fourth-order valence-corrected chi connectivity index (χ4v) is 1.46. The molecule has 0 atom stereocenters. The van der Waals surface area contributed by atoms with Gasteiger partial charge in [-0.1, -0.05) is 12.1 Å². The van der Waals surface area contributed by atoms with Crippen molar-refractivity contribution < 1.29 is 0 Å². The number of nitrogens with zero attached hydrogens (tertiary/aromatic N) is 2. The zero-order chi connectivity index (χ0) is 9.26. The molecule has 13 heavy (non-hydrogen) atoms. The van der Waals surface area contributed by atoms with Crippen LogP contribution in [0.5, 0.6) is 0 Å². The van der Waals surface area contributed by atoms with Crippen LogP contribution in [0.1, 0.15) is 18.1 Å². The van der Waals surface area contributed by atoms with Crippen molar-refractivity contribution in [2.24, 2.45) is 10.7 Å². The number of hydrogen-bond acceptors (Lipinski definition) is 2. The number of amidine groups is 1. The summed E-state index contributed by atoms with van der Waals surface area (Å²) < 4.78 is 0. The predicted molar refractivity (Wildman–Crippen MR) is 53.5 cm³/mol. The summed E-state index contributed by atoms with van der Waals surface area (Å²) in [6, 6.07) is 8.61. The van der Waals surface area contributed by atoms with Gasteiger partial charge in [-0.2, -0.15) is 0 Å². The second-order valence-electron chi connectivity index (χ2n) is 2.84. The number of aliphatic imine (C=N–C) groups is 1. The van der Waals surface area contributed by atoms with Crippen molar-refractivity contribution in [3.8, 4) is 6.07 Å².